The van der Waals surface area contributed by atoms with Crippen molar-refractivity contribution in [2.45, 2.75) is 4.90 Å². The molecular weight excluding hydrogens is 420 g/mol. The fourth-order valence-corrected chi connectivity index (χ4v) is 3.36. The molecule has 3 rings (SSSR count). The van der Waals surface area contributed by atoms with E-state index in [1.165, 1.54) is 33.4 Å². The van der Waals surface area contributed by atoms with E-state index < -0.39 is 19.9 Å². The second-order valence-electron chi connectivity index (χ2n) is 4.51. The van der Waals surface area contributed by atoms with E-state index >= 15 is 0 Å². The molecule has 0 unspecified atom stereocenters. The number of hydrogen-bond acceptors (Lipinski definition) is 6. The van der Waals surface area contributed by atoms with Crippen molar-refractivity contribution in [3.63, 3.8) is 0 Å². The van der Waals surface area contributed by atoms with E-state index in [-0.39, 0.29) is 16.8 Å². The van der Waals surface area contributed by atoms with Crippen molar-refractivity contribution in [1.82, 2.24) is 13.4 Å². The van der Waals surface area contributed by atoms with E-state index in [0.29, 0.717) is 11.1 Å². The van der Waals surface area contributed by atoms with Crippen LogP contribution in [0.3, 0.4) is 0 Å². The molecular formula is C12H7AgN4O5S. The Hall–Kier alpha value is -2.11. The van der Waals surface area contributed by atoms with Gasteiger partial charge in [0, 0.05) is 0 Å². The minimum absolute atomic E-state index is 0.0143. The van der Waals surface area contributed by atoms with Crippen LogP contribution in [0.25, 0.3) is 22.2 Å². The number of benzene rings is 2. The van der Waals surface area contributed by atoms with Gasteiger partial charge in [0.25, 0.3) is 0 Å². The molecule has 9 nitrogen and oxygen atoms in total. The van der Waals surface area contributed by atoms with Gasteiger partial charge in [-0.25, -0.2) is 0 Å². The molecule has 0 radical (unpaired) electrons. The van der Waals surface area contributed by atoms with Gasteiger partial charge in [-0.1, -0.05) is 0 Å². The Morgan fingerprint density at radius 1 is 1.17 bits per heavy atom. The molecule has 2 aromatic carbocycles. The second kappa shape index (κ2) is 5.51. The van der Waals surface area contributed by atoms with E-state index in [4.69, 9.17) is 0 Å². The van der Waals surface area contributed by atoms with Crippen molar-refractivity contribution >= 4 is 26.8 Å². The third-order valence-corrected chi connectivity index (χ3v) is 4.57. The summed E-state index contributed by atoms with van der Waals surface area (Å²) in [5, 5.41) is 18.1. The number of hydrogen-bond donors (Lipinski definition) is 1. The first kappa shape index (κ1) is 15.8. The standard InChI is InChI=1S/C12H7N4O5S.Ag/c17-16(18)8-3-1-7(2-4-8)9-5-6-10-11(14-15-13-10)12(9)22(19,20)21;/h1-6H,(H-,13,14,15,19,20,21);/q-1;+1. The number of fused-ring (bicyclic) bond motifs is 1. The van der Waals surface area contributed by atoms with Gasteiger partial charge in [-0.3, -0.25) is 0 Å². The molecule has 1 heterocycles. The molecule has 122 valence electrons. The third-order valence-electron chi connectivity index (χ3n) is 3.15. The molecule has 1 N–H and O–H groups in total. The van der Waals surface area contributed by atoms with Crippen LogP contribution in [0, 0.1) is 10.1 Å². The molecule has 11 heteroatoms. The summed E-state index contributed by atoms with van der Waals surface area (Å²) < 4.78 is 34.3. The third kappa shape index (κ3) is 2.78. The number of rotatable bonds is 3. The fraction of sp³-hybridized carbons (Fsp3) is 0. The maximum absolute atomic E-state index is 11.8. The van der Waals surface area contributed by atoms with E-state index in [9.17, 15) is 23.1 Å². The molecule has 0 bridgehead atoms. The number of non-ortho nitro benzene ring substituents is 1. The Balaban J connectivity index is 2.31. The topological polar surface area (TPSA) is 128 Å². The SMILES string of the molecule is O=[N+]([O-])c1ccc(-c2ccc3c(nn[n]3[Ag])c2S(=O)(=O)O)cc1. The molecule has 0 amide bonds. The summed E-state index contributed by atoms with van der Waals surface area (Å²) in [5.74, 6) is 0. The molecule has 0 aliphatic heterocycles. The molecule has 0 saturated heterocycles. The Bertz CT molecular complexity index is 1030. The Labute approximate surface area is 142 Å². The van der Waals surface area contributed by atoms with Crippen molar-refractivity contribution in [1.29, 1.82) is 0 Å². The zero-order chi connectivity index (χ0) is 16.8. The fourth-order valence-electron chi connectivity index (χ4n) is 2.17. The van der Waals surface area contributed by atoms with Crippen LogP contribution in [0.4, 0.5) is 5.69 Å². The van der Waals surface area contributed by atoms with Crippen molar-refractivity contribution in [2.24, 2.45) is 0 Å². The van der Waals surface area contributed by atoms with Crippen molar-refractivity contribution < 1.29 is 39.2 Å². The van der Waals surface area contributed by atoms with Crippen LogP contribution in [0.1, 0.15) is 0 Å². The molecule has 0 fully saturated rings. The average molecular weight is 427 g/mol. The molecule has 0 aliphatic rings. The number of nitro benzene ring substituents is 1. The van der Waals surface area contributed by atoms with Gasteiger partial charge in [0.2, 0.25) is 0 Å². The summed E-state index contributed by atoms with van der Waals surface area (Å²) in [6, 6.07) is 8.31. The number of aromatic nitrogens is 3. The van der Waals surface area contributed by atoms with Crippen LogP contribution in [-0.2, 0) is 31.4 Å². The monoisotopic (exact) mass is 426 g/mol. The molecule has 23 heavy (non-hydrogen) atoms. The summed E-state index contributed by atoms with van der Waals surface area (Å²) >= 11 is 3.09. The number of nitrogens with zero attached hydrogens (tertiary/aromatic N) is 4. The average Bonchev–Trinajstić information content (AvgIpc) is 2.87. The Kier molecular flexibility index (Phi) is 3.78. The van der Waals surface area contributed by atoms with Gasteiger partial charge in [0.05, 0.1) is 0 Å². The minimum atomic E-state index is -4.59. The zero-order valence-corrected chi connectivity index (χ0v) is 13.3. The molecule has 0 atom stereocenters. The zero-order valence-electron chi connectivity index (χ0n) is 11.0. The van der Waals surface area contributed by atoms with Crippen LogP contribution in [0.5, 0.6) is 0 Å². The van der Waals surface area contributed by atoms with Gasteiger partial charge in [0.15, 0.2) is 0 Å². The van der Waals surface area contributed by atoms with Crippen LogP contribution in [0.15, 0.2) is 41.3 Å². The van der Waals surface area contributed by atoms with Gasteiger partial charge in [0.1, 0.15) is 0 Å². The number of nitro groups is 1. The normalized spacial score (nSPS) is 11.8. The van der Waals surface area contributed by atoms with Gasteiger partial charge in [-0.05, 0) is 0 Å². The van der Waals surface area contributed by atoms with Crippen LogP contribution in [0.2, 0.25) is 0 Å². The van der Waals surface area contributed by atoms with Gasteiger partial charge >= 0.3 is 142 Å². The molecule has 0 saturated carbocycles. The molecule has 3 aromatic rings. The summed E-state index contributed by atoms with van der Waals surface area (Å²) in [6.45, 7) is 0. The summed E-state index contributed by atoms with van der Waals surface area (Å²) in [6.07, 6.45) is 0. The van der Waals surface area contributed by atoms with E-state index in [0.717, 1.165) is 0 Å². The predicted molar refractivity (Wildman–Crippen MR) is 74.8 cm³/mol. The summed E-state index contributed by atoms with van der Waals surface area (Å²) in [4.78, 5) is 9.73. The molecule has 0 aliphatic carbocycles. The predicted octanol–water partition coefficient (Wildman–Crippen LogP) is 1.56. The first-order chi connectivity index (χ1) is 10.8. The Morgan fingerprint density at radius 2 is 1.83 bits per heavy atom. The maximum atomic E-state index is 11.8. The van der Waals surface area contributed by atoms with Crippen molar-refractivity contribution in [2.75, 3.05) is 0 Å². The van der Waals surface area contributed by atoms with E-state index in [2.05, 4.69) is 31.6 Å². The van der Waals surface area contributed by atoms with Crippen molar-refractivity contribution in [3.05, 3.63) is 46.5 Å². The van der Waals surface area contributed by atoms with Gasteiger partial charge in [-0.15, -0.1) is 0 Å². The first-order valence-corrected chi connectivity index (χ1v) is 8.13. The van der Waals surface area contributed by atoms with Crippen LogP contribution in [-0.4, -0.2) is 31.3 Å². The van der Waals surface area contributed by atoms with Gasteiger partial charge < -0.3 is 0 Å². The summed E-state index contributed by atoms with van der Waals surface area (Å²) in [7, 11) is -4.59. The van der Waals surface area contributed by atoms with E-state index in [1.54, 1.807) is 6.07 Å². The van der Waals surface area contributed by atoms with Crippen LogP contribution >= 0.6 is 0 Å². The second-order valence-corrected chi connectivity index (χ2v) is 6.49. The first-order valence-electron chi connectivity index (χ1n) is 6.02. The van der Waals surface area contributed by atoms with Crippen molar-refractivity contribution in [3.8, 4) is 11.1 Å². The molecule has 0 spiro atoms. The van der Waals surface area contributed by atoms with Crippen LogP contribution < -0.4 is 0 Å². The Morgan fingerprint density at radius 3 is 2.39 bits per heavy atom. The quantitative estimate of drug-likeness (QED) is 0.291. The summed E-state index contributed by atoms with van der Waals surface area (Å²) in [5.41, 5.74) is 0.757. The van der Waals surface area contributed by atoms with E-state index in [1.807, 2.05) is 0 Å². The molecule has 1 aromatic heterocycles. The van der Waals surface area contributed by atoms with Gasteiger partial charge in [-0.2, -0.15) is 0 Å².